The number of piperazine rings is 1. The van der Waals surface area contributed by atoms with Crippen molar-refractivity contribution in [2.75, 3.05) is 44.8 Å². The highest BCUT2D eigenvalue weighted by Gasteiger charge is 2.32. The van der Waals surface area contributed by atoms with E-state index >= 15 is 0 Å². The number of anilines is 1. The van der Waals surface area contributed by atoms with Gasteiger partial charge in [-0.15, -0.1) is 10.2 Å². The van der Waals surface area contributed by atoms with Gasteiger partial charge in [-0.1, -0.05) is 0 Å². The third-order valence-corrected chi connectivity index (χ3v) is 6.23. The normalized spacial score (nSPS) is 20.1. The fourth-order valence-electron chi connectivity index (χ4n) is 4.35. The van der Waals surface area contributed by atoms with Gasteiger partial charge in [0.25, 0.3) is 0 Å². The number of hydrogen-bond acceptors (Lipinski definition) is 7. The maximum absolute atomic E-state index is 9.63. The van der Waals surface area contributed by atoms with E-state index in [4.69, 9.17) is 9.84 Å². The molecule has 2 aromatic heterocycles. The number of ether oxygens (including phenoxy) is 1. The highest BCUT2D eigenvalue weighted by atomic mass is 16.5. The van der Waals surface area contributed by atoms with Crippen LogP contribution in [0.4, 0.5) is 5.69 Å². The van der Waals surface area contributed by atoms with Crippen molar-refractivity contribution in [3.63, 3.8) is 0 Å². The average molecular weight is 409 g/mol. The van der Waals surface area contributed by atoms with Gasteiger partial charge in [-0.2, -0.15) is 9.61 Å². The lowest BCUT2D eigenvalue weighted by molar-refractivity contribution is 0.137. The van der Waals surface area contributed by atoms with Crippen molar-refractivity contribution in [1.82, 2.24) is 24.7 Å². The number of nitrogens with zero attached hydrogens (tertiary/aromatic N) is 6. The molecule has 1 unspecified atom stereocenters. The van der Waals surface area contributed by atoms with E-state index in [0.29, 0.717) is 6.04 Å². The number of aliphatic hydroxyl groups excluding tert-OH is 1. The van der Waals surface area contributed by atoms with Crippen LogP contribution in [-0.2, 0) is 0 Å². The molecule has 0 radical (unpaired) electrons. The van der Waals surface area contributed by atoms with E-state index in [9.17, 15) is 5.11 Å². The maximum atomic E-state index is 9.63. The van der Waals surface area contributed by atoms with Gasteiger partial charge in [-0.3, -0.25) is 4.90 Å². The summed E-state index contributed by atoms with van der Waals surface area (Å²) in [5.74, 6) is 1.67. The van der Waals surface area contributed by atoms with Crippen molar-refractivity contribution < 1.29 is 9.84 Å². The summed E-state index contributed by atoms with van der Waals surface area (Å²) in [4.78, 5) is 4.94. The van der Waals surface area contributed by atoms with Crippen LogP contribution < -0.4 is 9.64 Å². The summed E-state index contributed by atoms with van der Waals surface area (Å²) in [5.41, 5.74) is 3.71. The first-order valence-electron chi connectivity index (χ1n) is 10.7. The third kappa shape index (κ3) is 3.85. The summed E-state index contributed by atoms with van der Waals surface area (Å²) >= 11 is 0. The Morgan fingerprint density at radius 3 is 2.73 bits per heavy atom. The first-order valence-corrected chi connectivity index (χ1v) is 10.7. The quantitative estimate of drug-likeness (QED) is 0.641. The van der Waals surface area contributed by atoms with Gasteiger partial charge in [0.1, 0.15) is 12.1 Å². The van der Waals surface area contributed by atoms with Gasteiger partial charge >= 0.3 is 0 Å². The van der Waals surface area contributed by atoms with E-state index in [2.05, 4.69) is 26.1 Å². The summed E-state index contributed by atoms with van der Waals surface area (Å²) in [5, 5.41) is 22.8. The molecule has 1 atom stereocenters. The number of methoxy groups -OCH3 is 1. The highest BCUT2D eigenvalue weighted by Crippen LogP contribution is 2.33. The van der Waals surface area contributed by atoms with Crippen molar-refractivity contribution >= 4 is 11.3 Å². The molecule has 1 N–H and O–H groups in total. The zero-order chi connectivity index (χ0) is 20.5. The maximum Gasteiger partial charge on any atom is 0.200 e. The van der Waals surface area contributed by atoms with E-state index < -0.39 is 0 Å². The van der Waals surface area contributed by atoms with Gasteiger partial charge in [0.2, 0.25) is 5.65 Å². The Labute approximate surface area is 176 Å². The molecule has 0 amide bonds. The van der Waals surface area contributed by atoms with Crippen molar-refractivity contribution in [1.29, 1.82) is 0 Å². The number of aliphatic hydroxyl groups is 1. The molecule has 5 rings (SSSR count). The van der Waals surface area contributed by atoms with E-state index in [1.165, 1.54) is 12.8 Å². The average Bonchev–Trinajstić information content (AvgIpc) is 3.47. The Morgan fingerprint density at radius 1 is 1.17 bits per heavy atom. The Balaban J connectivity index is 1.46. The fraction of sp³-hybridized carbons (Fsp3) is 0.500. The van der Waals surface area contributed by atoms with Gasteiger partial charge in [0.05, 0.1) is 18.5 Å². The fourth-order valence-corrected chi connectivity index (χ4v) is 4.35. The Morgan fingerprint density at radius 2 is 2.00 bits per heavy atom. The zero-order valence-electron chi connectivity index (χ0n) is 17.3. The zero-order valence-corrected chi connectivity index (χ0v) is 17.3. The number of rotatable bonds is 7. The molecule has 3 heterocycles. The van der Waals surface area contributed by atoms with Crippen LogP contribution in [0.1, 0.15) is 19.3 Å². The number of fused-ring (bicyclic) bond motifs is 1. The molecule has 8 heteroatoms. The summed E-state index contributed by atoms with van der Waals surface area (Å²) in [7, 11) is 1.67. The molecular formula is C22H28N6O2. The minimum atomic E-state index is 0.216. The molecule has 1 saturated heterocycles. The minimum absolute atomic E-state index is 0.216. The number of aromatic nitrogens is 4. The summed E-state index contributed by atoms with van der Waals surface area (Å²) in [6, 6.07) is 10.4. The molecule has 1 saturated carbocycles. The molecule has 8 nitrogen and oxygen atoms in total. The first-order chi connectivity index (χ1) is 14.7. The van der Waals surface area contributed by atoms with Crippen molar-refractivity contribution in [2.45, 2.75) is 25.3 Å². The standard InChI is InChI=1S/C22H28N6O2/c1-30-19-6-4-17(5-7-19)20-12-21(22-24-23-15-28(22)25-20)27-10-9-26(13-16-2-3-16)18(14-27)8-11-29/h4-7,12,15-16,18,29H,2-3,8-11,13-14H2,1H3. The molecule has 0 bridgehead atoms. The molecule has 158 valence electrons. The van der Waals surface area contributed by atoms with Gasteiger partial charge < -0.3 is 14.7 Å². The van der Waals surface area contributed by atoms with Crippen molar-refractivity contribution in [3.05, 3.63) is 36.7 Å². The lowest BCUT2D eigenvalue weighted by Crippen LogP contribution is -2.54. The van der Waals surface area contributed by atoms with Crippen LogP contribution in [-0.4, -0.2) is 75.8 Å². The van der Waals surface area contributed by atoms with Crippen LogP contribution in [0.25, 0.3) is 16.9 Å². The molecule has 1 aliphatic heterocycles. The molecule has 1 aromatic carbocycles. The number of benzene rings is 1. The van der Waals surface area contributed by atoms with Gasteiger partial charge in [0.15, 0.2) is 0 Å². The van der Waals surface area contributed by atoms with Gasteiger partial charge in [0, 0.05) is 44.4 Å². The third-order valence-electron chi connectivity index (χ3n) is 6.23. The molecule has 2 fully saturated rings. The van der Waals surface area contributed by atoms with Crippen LogP contribution in [0, 0.1) is 5.92 Å². The van der Waals surface area contributed by atoms with Crippen molar-refractivity contribution in [2.24, 2.45) is 5.92 Å². The first kappa shape index (κ1) is 19.3. The largest absolute Gasteiger partial charge is 0.497 e. The second kappa shape index (κ2) is 8.20. The second-order valence-electron chi connectivity index (χ2n) is 8.29. The lowest BCUT2D eigenvalue weighted by atomic mass is 10.1. The Hall–Kier alpha value is -2.71. The number of hydrogen-bond donors (Lipinski definition) is 1. The summed E-state index contributed by atoms with van der Waals surface area (Å²) < 4.78 is 7.04. The SMILES string of the molecule is COc1ccc(-c2cc(N3CCN(CC4CC4)C(CCO)C3)c3nncn3n2)cc1. The molecule has 2 aliphatic rings. The van der Waals surface area contributed by atoms with E-state index in [0.717, 1.165) is 66.9 Å². The van der Waals surface area contributed by atoms with E-state index in [1.807, 2.05) is 24.3 Å². The van der Waals surface area contributed by atoms with Crippen molar-refractivity contribution in [3.8, 4) is 17.0 Å². The molecule has 1 aliphatic carbocycles. The van der Waals surface area contributed by atoms with E-state index in [1.54, 1.807) is 18.0 Å². The van der Waals surface area contributed by atoms with Crippen LogP contribution >= 0.6 is 0 Å². The smallest absolute Gasteiger partial charge is 0.200 e. The van der Waals surface area contributed by atoms with E-state index in [-0.39, 0.29) is 6.61 Å². The van der Waals surface area contributed by atoms with Gasteiger partial charge in [-0.05, 0) is 55.5 Å². The topological polar surface area (TPSA) is 79.0 Å². The molecule has 0 spiro atoms. The van der Waals surface area contributed by atoms with Crippen LogP contribution in [0.5, 0.6) is 5.75 Å². The molecule has 30 heavy (non-hydrogen) atoms. The predicted octanol–water partition coefficient (Wildman–Crippen LogP) is 2.08. The monoisotopic (exact) mass is 408 g/mol. The van der Waals surface area contributed by atoms with Crippen LogP contribution in [0.15, 0.2) is 36.7 Å². The Bertz CT molecular complexity index is 1000. The highest BCUT2D eigenvalue weighted by molar-refractivity contribution is 5.74. The van der Waals surface area contributed by atoms with Gasteiger partial charge in [-0.25, -0.2) is 0 Å². The summed E-state index contributed by atoms with van der Waals surface area (Å²) in [6.45, 7) is 4.19. The Kier molecular flexibility index (Phi) is 5.26. The second-order valence-corrected chi connectivity index (χ2v) is 8.29. The molecular weight excluding hydrogens is 380 g/mol. The van der Waals surface area contributed by atoms with Crippen LogP contribution in [0.2, 0.25) is 0 Å². The predicted molar refractivity (Wildman–Crippen MR) is 115 cm³/mol. The van der Waals surface area contributed by atoms with Crippen LogP contribution in [0.3, 0.4) is 0 Å². The minimum Gasteiger partial charge on any atom is -0.497 e. The lowest BCUT2D eigenvalue weighted by Gasteiger charge is -2.42. The summed E-state index contributed by atoms with van der Waals surface area (Å²) in [6.07, 6.45) is 5.15. The molecule has 3 aromatic rings.